The minimum Gasteiger partial charge on any atom is -0.508 e. The number of halogens is 1. The second-order valence-electron chi connectivity index (χ2n) is 4.12. The highest BCUT2D eigenvalue weighted by Gasteiger charge is 2.06. The number of rotatable bonds is 3. The number of anilines is 1. The third-order valence-electron chi connectivity index (χ3n) is 2.86. The van der Waals surface area contributed by atoms with Crippen LogP contribution in [0.15, 0.2) is 40.9 Å². The fourth-order valence-electron chi connectivity index (χ4n) is 1.90. The number of fused-ring (bicyclic) bond motifs is 1. The summed E-state index contributed by atoms with van der Waals surface area (Å²) < 4.78 is 0.932. The van der Waals surface area contributed by atoms with E-state index >= 15 is 0 Å². The van der Waals surface area contributed by atoms with Gasteiger partial charge in [0.15, 0.2) is 0 Å². The molecule has 0 aliphatic heterocycles. The molecule has 0 saturated heterocycles. The molecule has 3 aromatic rings. The van der Waals surface area contributed by atoms with Crippen molar-refractivity contribution in [3.05, 3.63) is 46.4 Å². The monoisotopic (exact) mass is 318 g/mol. The Hall–Kier alpha value is -2.08. The van der Waals surface area contributed by atoms with E-state index in [1.165, 1.54) is 0 Å². The maximum absolute atomic E-state index is 9.79. The number of aromatic hydroxyl groups is 1. The first kappa shape index (κ1) is 12.0. The summed E-state index contributed by atoms with van der Waals surface area (Å²) in [5.74, 6) is 0.267. The number of para-hydroxylation sites is 1. The van der Waals surface area contributed by atoms with Gasteiger partial charge in [-0.15, -0.1) is 0 Å². The van der Waals surface area contributed by atoms with Crippen molar-refractivity contribution in [2.24, 2.45) is 0 Å². The van der Waals surface area contributed by atoms with Crippen molar-refractivity contribution in [1.29, 1.82) is 0 Å². The Morgan fingerprint density at radius 2 is 2.11 bits per heavy atom. The van der Waals surface area contributed by atoms with Gasteiger partial charge < -0.3 is 10.4 Å². The third kappa shape index (κ3) is 2.39. The van der Waals surface area contributed by atoms with E-state index in [0.29, 0.717) is 6.54 Å². The zero-order valence-corrected chi connectivity index (χ0v) is 11.5. The van der Waals surface area contributed by atoms with Crippen LogP contribution in [0.25, 0.3) is 11.0 Å². The number of nitrogens with one attached hydrogen (secondary N) is 2. The molecule has 0 bridgehead atoms. The minimum absolute atomic E-state index is 0.267. The first-order valence-corrected chi connectivity index (χ1v) is 6.54. The summed E-state index contributed by atoms with van der Waals surface area (Å²) in [5, 5.41) is 23.8. The molecule has 0 spiro atoms. The Kier molecular flexibility index (Phi) is 3.08. The number of aromatic nitrogens is 3. The fraction of sp³-hybridized carbons (Fsp3) is 0.0769. The van der Waals surface area contributed by atoms with E-state index in [4.69, 9.17) is 0 Å². The molecule has 19 heavy (non-hydrogen) atoms. The highest BCUT2D eigenvalue weighted by Crippen LogP contribution is 2.24. The van der Waals surface area contributed by atoms with E-state index in [1.807, 2.05) is 24.3 Å². The van der Waals surface area contributed by atoms with Crippen molar-refractivity contribution in [3.8, 4) is 5.75 Å². The average Bonchev–Trinajstić information content (AvgIpc) is 2.88. The van der Waals surface area contributed by atoms with E-state index < -0.39 is 0 Å². The highest BCUT2D eigenvalue weighted by molar-refractivity contribution is 9.10. The summed E-state index contributed by atoms with van der Waals surface area (Å²) in [6.07, 6.45) is 0. The van der Waals surface area contributed by atoms with Crippen LogP contribution in [0.5, 0.6) is 5.75 Å². The number of benzene rings is 2. The second kappa shape index (κ2) is 4.89. The molecule has 0 atom stereocenters. The molecule has 0 saturated carbocycles. The van der Waals surface area contributed by atoms with Crippen LogP contribution in [0.1, 0.15) is 5.56 Å². The van der Waals surface area contributed by atoms with Crippen molar-refractivity contribution in [2.75, 3.05) is 5.32 Å². The average molecular weight is 319 g/mol. The molecule has 2 aromatic carbocycles. The first-order valence-electron chi connectivity index (χ1n) is 5.75. The zero-order chi connectivity index (χ0) is 13.2. The van der Waals surface area contributed by atoms with Crippen LogP contribution in [0.4, 0.5) is 5.69 Å². The van der Waals surface area contributed by atoms with Gasteiger partial charge in [0.2, 0.25) is 0 Å². The van der Waals surface area contributed by atoms with Crippen LogP contribution in [-0.2, 0) is 6.54 Å². The number of hydrogen-bond acceptors (Lipinski definition) is 4. The molecule has 0 aliphatic rings. The van der Waals surface area contributed by atoms with E-state index in [2.05, 4.69) is 36.7 Å². The Balaban J connectivity index is 1.86. The summed E-state index contributed by atoms with van der Waals surface area (Å²) in [7, 11) is 0. The molecular formula is C13H11BrN4O. The third-order valence-corrected chi connectivity index (χ3v) is 3.35. The predicted octanol–water partition coefficient (Wildman–Crippen LogP) is 3.04. The topological polar surface area (TPSA) is 73.8 Å². The Labute approximate surface area is 117 Å². The van der Waals surface area contributed by atoms with E-state index in [1.54, 1.807) is 12.1 Å². The van der Waals surface area contributed by atoms with Gasteiger partial charge in [0.05, 0.1) is 5.69 Å². The molecule has 0 aliphatic carbocycles. The predicted molar refractivity (Wildman–Crippen MR) is 77.0 cm³/mol. The summed E-state index contributed by atoms with van der Waals surface area (Å²) in [4.78, 5) is 0. The maximum Gasteiger partial charge on any atom is 0.136 e. The molecule has 5 nitrogen and oxygen atoms in total. The highest BCUT2D eigenvalue weighted by atomic mass is 79.9. The molecule has 0 radical (unpaired) electrons. The molecule has 6 heteroatoms. The standard InChI is InChI=1S/C13H11BrN4O/c14-9-4-5-12(19)8(6-9)7-15-10-2-1-3-11-13(10)17-18-16-11/h1-6,15,19H,7H2,(H,16,17,18). The summed E-state index contributed by atoms with van der Waals surface area (Å²) >= 11 is 3.39. The van der Waals surface area contributed by atoms with Crippen molar-refractivity contribution < 1.29 is 5.11 Å². The van der Waals surface area contributed by atoms with Gasteiger partial charge in [0, 0.05) is 16.6 Å². The van der Waals surface area contributed by atoms with Gasteiger partial charge in [-0.25, -0.2) is 0 Å². The molecule has 1 aromatic heterocycles. The van der Waals surface area contributed by atoms with E-state index in [9.17, 15) is 5.11 Å². The first-order chi connectivity index (χ1) is 9.24. The molecule has 0 unspecified atom stereocenters. The van der Waals surface area contributed by atoms with Crippen LogP contribution in [0.2, 0.25) is 0 Å². The van der Waals surface area contributed by atoms with E-state index in [0.717, 1.165) is 26.8 Å². The quantitative estimate of drug-likeness (QED) is 0.694. The molecule has 0 amide bonds. The minimum atomic E-state index is 0.267. The van der Waals surface area contributed by atoms with Crippen LogP contribution < -0.4 is 5.32 Å². The van der Waals surface area contributed by atoms with Crippen LogP contribution >= 0.6 is 15.9 Å². The van der Waals surface area contributed by atoms with E-state index in [-0.39, 0.29) is 5.75 Å². The normalized spacial score (nSPS) is 10.8. The number of phenolic OH excluding ortho intramolecular Hbond substituents is 1. The largest absolute Gasteiger partial charge is 0.508 e. The lowest BCUT2D eigenvalue weighted by Gasteiger charge is -2.08. The van der Waals surface area contributed by atoms with Gasteiger partial charge in [0.25, 0.3) is 0 Å². The van der Waals surface area contributed by atoms with Gasteiger partial charge in [-0.1, -0.05) is 22.0 Å². The second-order valence-corrected chi connectivity index (χ2v) is 5.04. The molecule has 1 heterocycles. The number of H-pyrrole nitrogens is 1. The van der Waals surface area contributed by atoms with Crippen molar-refractivity contribution in [3.63, 3.8) is 0 Å². The molecule has 0 fully saturated rings. The lowest BCUT2D eigenvalue weighted by Crippen LogP contribution is -2.00. The summed E-state index contributed by atoms with van der Waals surface area (Å²) in [6.45, 7) is 0.511. The van der Waals surface area contributed by atoms with Crippen LogP contribution in [0.3, 0.4) is 0 Å². The Morgan fingerprint density at radius 1 is 1.21 bits per heavy atom. The number of aromatic amines is 1. The van der Waals surface area contributed by atoms with Crippen molar-refractivity contribution in [1.82, 2.24) is 15.4 Å². The molecule has 3 N–H and O–H groups in total. The summed E-state index contributed by atoms with van der Waals surface area (Å²) in [5.41, 5.74) is 3.29. The van der Waals surface area contributed by atoms with Gasteiger partial charge in [-0.05, 0) is 30.3 Å². The number of nitrogens with zero attached hydrogens (tertiary/aromatic N) is 2. The van der Waals surface area contributed by atoms with Crippen molar-refractivity contribution >= 4 is 32.7 Å². The smallest absolute Gasteiger partial charge is 0.136 e. The van der Waals surface area contributed by atoms with Gasteiger partial charge in [-0.3, -0.25) is 0 Å². The zero-order valence-electron chi connectivity index (χ0n) is 9.89. The Bertz CT molecular complexity index is 725. The van der Waals surface area contributed by atoms with Crippen LogP contribution in [0, 0.1) is 0 Å². The summed E-state index contributed by atoms with van der Waals surface area (Å²) in [6, 6.07) is 11.1. The van der Waals surface area contributed by atoms with Crippen LogP contribution in [-0.4, -0.2) is 20.5 Å². The van der Waals surface area contributed by atoms with Crippen molar-refractivity contribution in [2.45, 2.75) is 6.54 Å². The van der Waals surface area contributed by atoms with Gasteiger partial charge in [-0.2, -0.15) is 15.4 Å². The number of hydrogen-bond donors (Lipinski definition) is 3. The Morgan fingerprint density at radius 3 is 3.00 bits per heavy atom. The fourth-order valence-corrected chi connectivity index (χ4v) is 2.31. The molecule has 96 valence electrons. The SMILES string of the molecule is Oc1ccc(Br)cc1CNc1cccc2n[nH]nc12. The lowest BCUT2D eigenvalue weighted by molar-refractivity contribution is 0.469. The van der Waals surface area contributed by atoms with Gasteiger partial charge in [0.1, 0.15) is 16.8 Å². The lowest BCUT2D eigenvalue weighted by atomic mass is 10.2. The molecular weight excluding hydrogens is 308 g/mol. The van der Waals surface area contributed by atoms with Gasteiger partial charge >= 0.3 is 0 Å². The maximum atomic E-state index is 9.79. The number of phenols is 1. The molecule has 3 rings (SSSR count).